The Morgan fingerprint density at radius 2 is 1.71 bits per heavy atom. The average molecular weight is 552 g/mol. The number of hydrogen-bond acceptors (Lipinski definition) is 2. The van der Waals surface area contributed by atoms with E-state index in [0.29, 0.717) is 16.4 Å². The molecule has 2 atom stereocenters. The lowest BCUT2D eigenvalue weighted by Crippen LogP contribution is -2.26. The number of nitrogens with zero attached hydrogens (tertiary/aromatic N) is 1. The zero-order chi connectivity index (χ0) is 25.5. The van der Waals surface area contributed by atoms with Gasteiger partial charge in [-0.25, -0.2) is 4.39 Å². The molecule has 0 unspecified atom stereocenters. The lowest BCUT2D eigenvalue weighted by atomic mass is 10.1. The molecule has 1 fully saturated rings. The van der Waals surface area contributed by atoms with Crippen molar-refractivity contribution in [1.29, 1.82) is 0 Å². The molecule has 35 heavy (non-hydrogen) atoms. The van der Waals surface area contributed by atoms with Crippen LogP contribution in [0.1, 0.15) is 27.4 Å². The standard InChI is InChI=1S/C26H19Cl4FN2O2/c1-3-14-4-5-15(12-21(14)28)22-23(26(22,29)30)24(34)32-17-8-11-20(27)19(13-17)25(35)33(2)18-9-6-16(31)7-10-18/h3-13,22-23H,1H2,2H3,(H,32,34)/t22-,23+/m0/s1. The number of amides is 2. The summed E-state index contributed by atoms with van der Waals surface area (Å²) in [5, 5.41) is 3.46. The molecule has 0 spiro atoms. The lowest BCUT2D eigenvalue weighted by molar-refractivity contribution is -0.117. The van der Waals surface area contributed by atoms with Gasteiger partial charge in [0.25, 0.3) is 5.91 Å². The van der Waals surface area contributed by atoms with Gasteiger partial charge in [-0.15, -0.1) is 23.2 Å². The number of alkyl halides is 2. The van der Waals surface area contributed by atoms with Gasteiger partial charge in [0.05, 0.1) is 16.5 Å². The van der Waals surface area contributed by atoms with Crippen molar-refractivity contribution in [3.63, 3.8) is 0 Å². The van der Waals surface area contributed by atoms with Crippen LogP contribution in [0.3, 0.4) is 0 Å². The Labute approximate surface area is 222 Å². The molecule has 1 N–H and O–H groups in total. The van der Waals surface area contributed by atoms with Crippen molar-refractivity contribution < 1.29 is 14.0 Å². The third kappa shape index (κ3) is 5.05. The van der Waals surface area contributed by atoms with Crippen LogP contribution in [-0.2, 0) is 4.79 Å². The summed E-state index contributed by atoms with van der Waals surface area (Å²) >= 11 is 25.4. The molecule has 1 aliphatic rings. The van der Waals surface area contributed by atoms with E-state index in [0.717, 1.165) is 11.1 Å². The number of hydrogen-bond donors (Lipinski definition) is 1. The molecule has 0 radical (unpaired) electrons. The first-order valence-corrected chi connectivity index (χ1v) is 12.0. The highest BCUT2D eigenvalue weighted by Crippen LogP contribution is 2.65. The molecule has 4 rings (SSSR count). The fraction of sp³-hybridized carbons (Fsp3) is 0.154. The van der Waals surface area contributed by atoms with Crippen LogP contribution < -0.4 is 10.2 Å². The van der Waals surface area contributed by atoms with E-state index < -0.39 is 33.8 Å². The van der Waals surface area contributed by atoms with Crippen molar-refractivity contribution in [2.45, 2.75) is 10.3 Å². The smallest absolute Gasteiger partial charge is 0.259 e. The highest BCUT2D eigenvalue weighted by molar-refractivity contribution is 6.53. The second-order valence-electron chi connectivity index (χ2n) is 8.14. The average Bonchev–Trinajstić information content (AvgIpc) is 3.41. The van der Waals surface area contributed by atoms with Crippen LogP contribution in [0.5, 0.6) is 0 Å². The predicted octanol–water partition coefficient (Wildman–Crippen LogP) is 7.58. The normalized spacial score (nSPS) is 18.0. The van der Waals surface area contributed by atoms with Gasteiger partial charge in [0.1, 0.15) is 10.2 Å². The first-order chi connectivity index (χ1) is 16.5. The van der Waals surface area contributed by atoms with Gasteiger partial charge in [0.2, 0.25) is 5.91 Å². The van der Waals surface area contributed by atoms with Crippen LogP contribution in [-0.4, -0.2) is 23.2 Å². The van der Waals surface area contributed by atoms with Crippen molar-refractivity contribution in [3.05, 3.63) is 99.8 Å². The number of nitrogens with one attached hydrogen (secondary N) is 1. The Morgan fingerprint density at radius 1 is 1.03 bits per heavy atom. The number of benzene rings is 3. The molecule has 0 saturated heterocycles. The van der Waals surface area contributed by atoms with E-state index in [1.54, 1.807) is 31.3 Å². The fourth-order valence-corrected chi connectivity index (χ4v) is 5.21. The molecule has 4 nitrogen and oxygen atoms in total. The van der Waals surface area contributed by atoms with E-state index in [9.17, 15) is 14.0 Å². The molecule has 0 bridgehead atoms. The van der Waals surface area contributed by atoms with Crippen molar-refractivity contribution >= 4 is 75.7 Å². The number of carbonyl (C=O) groups excluding carboxylic acids is 2. The molecule has 2 amide bonds. The quantitative estimate of drug-likeness (QED) is 0.321. The van der Waals surface area contributed by atoms with E-state index in [1.165, 1.54) is 41.3 Å². The molecule has 0 aliphatic heterocycles. The molecule has 9 heteroatoms. The van der Waals surface area contributed by atoms with Crippen molar-refractivity contribution in [2.24, 2.45) is 5.92 Å². The van der Waals surface area contributed by atoms with Crippen LogP contribution in [0.15, 0.2) is 67.2 Å². The van der Waals surface area contributed by atoms with Crippen LogP contribution in [0, 0.1) is 11.7 Å². The Bertz CT molecular complexity index is 1330. The summed E-state index contributed by atoms with van der Waals surface area (Å²) in [6.07, 6.45) is 1.63. The van der Waals surface area contributed by atoms with E-state index >= 15 is 0 Å². The number of halogens is 5. The number of carbonyl (C=O) groups is 2. The minimum Gasteiger partial charge on any atom is -0.326 e. The third-order valence-corrected chi connectivity index (χ3v) is 7.52. The summed E-state index contributed by atoms with van der Waals surface area (Å²) in [5.74, 6) is -2.43. The summed E-state index contributed by atoms with van der Waals surface area (Å²) in [4.78, 5) is 27.4. The van der Waals surface area contributed by atoms with Gasteiger partial charge in [-0.3, -0.25) is 9.59 Å². The molecule has 1 saturated carbocycles. The third-order valence-electron chi connectivity index (χ3n) is 5.92. The van der Waals surface area contributed by atoms with Crippen LogP contribution >= 0.6 is 46.4 Å². The molecule has 0 aromatic heterocycles. The molecule has 3 aromatic rings. The Balaban J connectivity index is 1.53. The molecule has 1 aliphatic carbocycles. The maximum absolute atomic E-state index is 13.2. The minimum absolute atomic E-state index is 0.165. The zero-order valence-electron chi connectivity index (χ0n) is 18.4. The molecule has 3 aromatic carbocycles. The van der Waals surface area contributed by atoms with Gasteiger partial charge in [-0.05, 0) is 59.7 Å². The summed E-state index contributed by atoms with van der Waals surface area (Å²) in [6, 6.07) is 15.4. The zero-order valence-corrected chi connectivity index (χ0v) is 21.4. The Hall–Kier alpha value is -2.57. The van der Waals surface area contributed by atoms with E-state index in [2.05, 4.69) is 11.9 Å². The van der Waals surface area contributed by atoms with Crippen molar-refractivity contribution in [3.8, 4) is 0 Å². The molecule has 0 heterocycles. The van der Waals surface area contributed by atoms with E-state index in [4.69, 9.17) is 46.4 Å². The summed E-state index contributed by atoms with van der Waals surface area (Å²) in [6.45, 7) is 3.71. The largest absolute Gasteiger partial charge is 0.326 e. The SMILES string of the molecule is C=Cc1ccc([C@H]2[C@H](C(=O)Nc3ccc(Cl)c(C(=O)N(C)c4ccc(F)cc4)c3)C2(Cl)Cl)cc1Cl. The second-order valence-corrected chi connectivity index (χ2v) is 10.4. The lowest BCUT2D eigenvalue weighted by Gasteiger charge is -2.18. The maximum atomic E-state index is 13.2. The Kier molecular flexibility index (Phi) is 7.16. The van der Waals surface area contributed by atoms with Gasteiger partial charge in [-0.2, -0.15) is 0 Å². The van der Waals surface area contributed by atoms with Crippen LogP contribution in [0.2, 0.25) is 10.0 Å². The highest BCUT2D eigenvalue weighted by atomic mass is 35.5. The monoisotopic (exact) mass is 550 g/mol. The molecular formula is C26H19Cl4FN2O2. The first kappa shape index (κ1) is 25.5. The second kappa shape index (κ2) is 9.82. The van der Waals surface area contributed by atoms with Gasteiger partial charge in [0, 0.05) is 29.4 Å². The van der Waals surface area contributed by atoms with Gasteiger partial charge in [0.15, 0.2) is 0 Å². The van der Waals surface area contributed by atoms with Gasteiger partial charge < -0.3 is 10.2 Å². The predicted molar refractivity (Wildman–Crippen MR) is 141 cm³/mol. The minimum atomic E-state index is -1.31. The first-order valence-electron chi connectivity index (χ1n) is 10.5. The van der Waals surface area contributed by atoms with E-state index in [1.807, 2.05) is 6.07 Å². The van der Waals surface area contributed by atoms with Crippen LogP contribution in [0.25, 0.3) is 6.08 Å². The van der Waals surface area contributed by atoms with E-state index in [-0.39, 0.29) is 10.6 Å². The summed E-state index contributed by atoms with van der Waals surface area (Å²) in [5.41, 5.74) is 2.50. The molecular weight excluding hydrogens is 533 g/mol. The highest BCUT2D eigenvalue weighted by Gasteiger charge is 2.67. The van der Waals surface area contributed by atoms with Gasteiger partial charge in [-0.1, -0.05) is 48.0 Å². The van der Waals surface area contributed by atoms with Gasteiger partial charge >= 0.3 is 0 Å². The Morgan fingerprint density at radius 3 is 2.34 bits per heavy atom. The maximum Gasteiger partial charge on any atom is 0.259 e. The summed E-state index contributed by atoms with van der Waals surface area (Å²) < 4.78 is 11.9. The van der Waals surface area contributed by atoms with Crippen molar-refractivity contribution in [1.82, 2.24) is 0 Å². The number of anilines is 2. The topological polar surface area (TPSA) is 49.4 Å². The number of rotatable bonds is 6. The van der Waals surface area contributed by atoms with Crippen molar-refractivity contribution in [2.75, 3.05) is 17.3 Å². The fourth-order valence-electron chi connectivity index (χ4n) is 3.92. The van der Waals surface area contributed by atoms with Crippen LogP contribution in [0.4, 0.5) is 15.8 Å². The summed E-state index contributed by atoms with van der Waals surface area (Å²) in [7, 11) is 1.55. The molecule has 180 valence electrons.